The first-order chi connectivity index (χ1) is 12.7. The van der Waals surface area contributed by atoms with Gasteiger partial charge in [-0.3, -0.25) is 19.1 Å². The van der Waals surface area contributed by atoms with E-state index in [-0.39, 0.29) is 30.0 Å². The lowest BCUT2D eigenvalue weighted by Crippen LogP contribution is -2.50. The van der Waals surface area contributed by atoms with Crippen LogP contribution < -0.4 is 10.9 Å². The predicted octanol–water partition coefficient (Wildman–Crippen LogP) is 0.766. The van der Waals surface area contributed by atoms with Crippen molar-refractivity contribution in [2.45, 2.75) is 37.9 Å². The molecule has 138 valence electrons. The Hall–Kier alpha value is -2.25. The van der Waals surface area contributed by atoms with E-state index in [1.165, 1.54) is 23.7 Å². The summed E-state index contributed by atoms with van der Waals surface area (Å²) in [5.74, 6) is -0.0512. The number of fused-ring (bicyclic) bond motifs is 1. The lowest BCUT2D eigenvalue weighted by atomic mass is 10.1. The van der Waals surface area contributed by atoms with E-state index in [2.05, 4.69) is 15.2 Å². The third-order valence-electron chi connectivity index (χ3n) is 5.32. The number of aryl methyl sites for hydroxylation is 1. The van der Waals surface area contributed by atoms with Gasteiger partial charge in [0.05, 0.1) is 42.5 Å². The van der Waals surface area contributed by atoms with Gasteiger partial charge in [-0.1, -0.05) is 12.1 Å². The first-order valence-electron chi connectivity index (χ1n) is 9.28. The van der Waals surface area contributed by atoms with Gasteiger partial charge in [-0.15, -0.1) is 0 Å². The predicted molar refractivity (Wildman–Crippen MR) is 98.0 cm³/mol. The molecule has 1 amide bonds. The highest BCUT2D eigenvalue weighted by molar-refractivity contribution is 5.77. The standard InChI is InChI=1S/C19H24N4O3/c24-18(21-16-11-26-12-17(16)22-8-3-4-9-22)7-10-23-13-20-15-6-2-1-5-14(15)19(23)25/h1-2,5-6,13,16-17H,3-4,7-12H2,(H,21,24)/t16-,17-/m1/s1. The average Bonchev–Trinajstić information content (AvgIpc) is 3.33. The van der Waals surface area contributed by atoms with Crippen molar-refractivity contribution in [3.63, 3.8) is 0 Å². The van der Waals surface area contributed by atoms with Crippen LogP contribution in [0.15, 0.2) is 35.4 Å². The van der Waals surface area contributed by atoms with E-state index >= 15 is 0 Å². The van der Waals surface area contributed by atoms with Gasteiger partial charge < -0.3 is 10.1 Å². The number of aromatic nitrogens is 2. The number of carbonyl (C=O) groups excluding carboxylic acids is 1. The molecule has 7 heteroatoms. The Labute approximate surface area is 152 Å². The van der Waals surface area contributed by atoms with Crippen LogP contribution in [0.3, 0.4) is 0 Å². The molecule has 2 aromatic rings. The molecular formula is C19H24N4O3. The van der Waals surface area contributed by atoms with E-state index in [4.69, 9.17) is 4.74 Å². The van der Waals surface area contributed by atoms with E-state index < -0.39 is 0 Å². The summed E-state index contributed by atoms with van der Waals surface area (Å²) in [7, 11) is 0. The van der Waals surface area contributed by atoms with E-state index in [1.807, 2.05) is 18.2 Å². The van der Waals surface area contributed by atoms with Crippen molar-refractivity contribution in [3.8, 4) is 0 Å². The van der Waals surface area contributed by atoms with Crippen LogP contribution in [0.5, 0.6) is 0 Å². The molecule has 4 rings (SSSR count). The smallest absolute Gasteiger partial charge is 0.261 e. The fourth-order valence-electron chi connectivity index (χ4n) is 3.88. The second-order valence-corrected chi connectivity index (χ2v) is 7.03. The van der Waals surface area contributed by atoms with Crippen molar-refractivity contribution in [2.75, 3.05) is 26.3 Å². The monoisotopic (exact) mass is 356 g/mol. The first kappa shape index (κ1) is 17.2. The summed E-state index contributed by atoms with van der Waals surface area (Å²) < 4.78 is 7.10. The lowest BCUT2D eigenvalue weighted by molar-refractivity contribution is -0.122. The van der Waals surface area contributed by atoms with Crippen LogP contribution >= 0.6 is 0 Å². The number of nitrogens with zero attached hydrogens (tertiary/aromatic N) is 3. The van der Waals surface area contributed by atoms with Gasteiger partial charge in [-0.2, -0.15) is 0 Å². The largest absolute Gasteiger partial charge is 0.378 e. The van der Waals surface area contributed by atoms with Gasteiger partial charge in [0.25, 0.3) is 5.56 Å². The Bertz CT molecular complexity index is 844. The Morgan fingerprint density at radius 3 is 2.88 bits per heavy atom. The molecule has 7 nitrogen and oxygen atoms in total. The highest BCUT2D eigenvalue weighted by Gasteiger charge is 2.35. The maximum absolute atomic E-state index is 12.5. The van der Waals surface area contributed by atoms with Gasteiger partial charge in [-0.05, 0) is 38.1 Å². The van der Waals surface area contributed by atoms with Crippen molar-refractivity contribution in [2.24, 2.45) is 0 Å². The van der Waals surface area contributed by atoms with Crippen LogP contribution in [0.25, 0.3) is 10.9 Å². The average molecular weight is 356 g/mol. The molecule has 0 aliphatic carbocycles. The molecule has 1 aromatic carbocycles. The number of likely N-dealkylation sites (tertiary alicyclic amines) is 1. The van der Waals surface area contributed by atoms with Gasteiger partial charge >= 0.3 is 0 Å². The second kappa shape index (κ2) is 7.55. The van der Waals surface area contributed by atoms with Crippen molar-refractivity contribution in [1.82, 2.24) is 19.8 Å². The maximum atomic E-state index is 12.5. The summed E-state index contributed by atoms with van der Waals surface area (Å²) in [6, 6.07) is 7.55. The first-order valence-corrected chi connectivity index (χ1v) is 9.28. The molecule has 3 heterocycles. The fraction of sp³-hybridized carbons (Fsp3) is 0.526. The number of rotatable bonds is 5. The molecule has 0 unspecified atom stereocenters. The summed E-state index contributed by atoms with van der Waals surface area (Å²) >= 11 is 0. The van der Waals surface area contributed by atoms with Crippen molar-refractivity contribution in [3.05, 3.63) is 40.9 Å². The quantitative estimate of drug-likeness (QED) is 0.856. The SMILES string of the molecule is O=C(CCn1cnc2ccccc2c1=O)N[C@@H]1COC[C@H]1N1CCCC1. The minimum atomic E-state index is -0.109. The van der Waals surface area contributed by atoms with Crippen LogP contribution in [0.4, 0.5) is 0 Å². The van der Waals surface area contributed by atoms with Crippen LogP contribution in [0.1, 0.15) is 19.3 Å². The normalized spacial score (nSPS) is 23.5. The number of carbonyl (C=O) groups is 1. The minimum Gasteiger partial charge on any atom is -0.378 e. The second-order valence-electron chi connectivity index (χ2n) is 7.03. The molecule has 2 atom stereocenters. The number of amides is 1. The van der Waals surface area contributed by atoms with E-state index in [9.17, 15) is 9.59 Å². The highest BCUT2D eigenvalue weighted by atomic mass is 16.5. The van der Waals surface area contributed by atoms with Crippen molar-refractivity contribution < 1.29 is 9.53 Å². The molecule has 2 aliphatic heterocycles. The van der Waals surface area contributed by atoms with Gasteiger partial charge in [-0.25, -0.2) is 4.98 Å². The van der Waals surface area contributed by atoms with Crippen LogP contribution in [-0.2, 0) is 16.1 Å². The van der Waals surface area contributed by atoms with E-state index in [0.717, 1.165) is 13.1 Å². The molecule has 2 saturated heterocycles. The zero-order valence-electron chi connectivity index (χ0n) is 14.8. The van der Waals surface area contributed by atoms with Gasteiger partial charge in [0.15, 0.2) is 0 Å². The molecule has 2 fully saturated rings. The molecule has 0 bridgehead atoms. The third kappa shape index (κ3) is 3.50. The highest BCUT2D eigenvalue weighted by Crippen LogP contribution is 2.19. The maximum Gasteiger partial charge on any atom is 0.261 e. The zero-order valence-corrected chi connectivity index (χ0v) is 14.8. The molecule has 0 spiro atoms. The minimum absolute atomic E-state index is 0.0343. The van der Waals surface area contributed by atoms with Crippen LogP contribution in [0, 0.1) is 0 Å². The summed E-state index contributed by atoms with van der Waals surface area (Å²) in [6.07, 6.45) is 4.21. The Kier molecular flexibility index (Phi) is 4.99. The Balaban J connectivity index is 1.37. The Morgan fingerprint density at radius 2 is 2.04 bits per heavy atom. The summed E-state index contributed by atoms with van der Waals surface area (Å²) in [4.78, 5) is 31.6. The number of hydrogen-bond acceptors (Lipinski definition) is 5. The molecule has 0 saturated carbocycles. The molecule has 2 aliphatic rings. The van der Waals surface area contributed by atoms with Gasteiger partial charge in [0.2, 0.25) is 5.91 Å². The van der Waals surface area contributed by atoms with E-state index in [1.54, 1.807) is 6.07 Å². The summed E-state index contributed by atoms with van der Waals surface area (Å²) in [5, 5.41) is 3.67. The molecule has 0 radical (unpaired) electrons. The number of benzene rings is 1. The van der Waals surface area contributed by atoms with Crippen LogP contribution in [0.2, 0.25) is 0 Å². The van der Waals surface area contributed by atoms with Crippen LogP contribution in [-0.4, -0.2) is 58.7 Å². The molecule has 1 N–H and O–H groups in total. The topological polar surface area (TPSA) is 76.5 Å². The zero-order chi connectivity index (χ0) is 17.9. The molecular weight excluding hydrogens is 332 g/mol. The van der Waals surface area contributed by atoms with Gasteiger partial charge in [0, 0.05) is 13.0 Å². The molecule has 1 aromatic heterocycles. The Morgan fingerprint density at radius 1 is 1.23 bits per heavy atom. The third-order valence-corrected chi connectivity index (χ3v) is 5.32. The van der Waals surface area contributed by atoms with Crippen molar-refractivity contribution in [1.29, 1.82) is 0 Å². The number of nitrogens with one attached hydrogen (secondary N) is 1. The fourth-order valence-corrected chi connectivity index (χ4v) is 3.88. The summed E-state index contributed by atoms with van der Waals surface area (Å²) in [6.45, 7) is 3.73. The number of hydrogen-bond donors (Lipinski definition) is 1. The summed E-state index contributed by atoms with van der Waals surface area (Å²) in [5.41, 5.74) is 0.567. The number of ether oxygens (including phenoxy) is 1. The lowest BCUT2D eigenvalue weighted by Gasteiger charge is -2.27. The van der Waals surface area contributed by atoms with Gasteiger partial charge in [0.1, 0.15) is 0 Å². The van der Waals surface area contributed by atoms with E-state index in [0.29, 0.717) is 30.7 Å². The molecule has 26 heavy (non-hydrogen) atoms. The van der Waals surface area contributed by atoms with Crippen molar-refractivity contribution >= 4 is 16.8 Å². The number of para-hydroxylation sites is 1.